The van der Waals surface area contributed by atoms with Gasteiger partial charge in [0.2, 0.25) is 0 Å². The lowest BCUT2D eigenvalue weighted by Gasteiger charge is -2.34. The van der Waals surface area contributed by atoms with Crippen molar-refractivity contribution in [3.8, 4) is 0 Å². The number of hydrogen-bond acceptors (Lipinski definition) is 2. The second-order valence-electron chi connectivity index (χ2n) is 4.61. The van der Waals surface area contributed by atoms with Crippen molar-refractivity contribution in [1.29, 1.82) is 0 Å². The SMILES string of the molecule is CCCNC1c2c(Br)ccc(F)c2CSC1CC. The lowest BCUT2D eigenvalue weighted by molar-refractivity contribution is 0.490. The summed E-state index contributed by atoms with van der Waals surface area (Å²) in [6, 6.07) is 3.65. The maximum atomic E-state index is 13.9. The van der Waals surface area contributed by atoms with Gasteiger partial charge in [-0.3, -0.25) is 0 Å². The van der Waals surface area contributed by atoms with Gasteiger partial charge in [0.15, 0.2) is 0 Å². The van der Waals surface area contributed by atoms with Crippen LogP contribution in [0, 0.1) is 5.82 Å². The van der Waals surface area contributed by atoms with E-state index < -0.39 is 0 Å². The van der Waals surface area contributed by atoms with Gasteiger partial charge in [0.25, 0.3) is 0 Å². The molecule has 1 aromatic rings. The van der Waals surface area contributed by atoms with Crippen molar-refractivity contribution in [2.75, 3.05) is 6.54 Å². The molecule has 0 aliphatic carbocycles. The van der Waals surface area contributed by atoms with E-state index in [-0.39, 0.29) is 11.9 Å². The van der Waals surface area contributed by atoms with Gasteiger partial charge in [0, 0.05) is 27.1 Å². The summed E-state index contributed by atoms with van der Waals surface area (Å²) in [5, 5.41) is 4.11. The van der Waals surface area contributed by atoms with Crippen LogP contribution < -0.4 is 5.32 Å². The number of nitrogens with one attached hydrogen (secondary N) is 1. The Morgan fingerprint density at radius 3 is 2.89 bits per heavy atom. The molecule has 0 bridgehead atoms. The van der Waals surface area contributed by atoms with Gasteiger partial charge in [0.1, 0.15) is 5.82 Å². The molecule has 0 saturated carbocycles. The summed E-state index contributed by atoms with van der Waals surface area (Å²) in [6.45, 7) is 5.34. The molecular formula is C14H19BrFNS. The van der Waals surface area contributed by atoms with Gasteiger partial charge in [-0.05, 0) is 37.1 Å². The quantitative estimate of drug-likeness (QED) is 0.861. The molecule has 100 valence electrons. The third kappa shape index (κ3) is 2.75. The minimum atomic E-state index is -0.0708. The summed E-state index contributed by atoms with van der Waals surface area (Å²) in [7, 11) is 0. The largest absolute Gasteiger partial charge is 0.309 e. The Morgan fingerprint density at radius 2 is 2.22 bits per heavy atom. The molecule has 2 atom stereocenters. The van der Waals surface area contributed by atoms with Crippen LogP contribution in [0.4, 0.5) is 4.39 Å². The first-order chi connectivity index (χ1) is 8.69. The van der Waals surface area contributed by atoms with Crippen LogP contribution in [0.15, 0.2) is 16.6 Å². The lowest BCUT2D eigenvalue weighted by Crippen LogP contribution is -2.34. The predicted molar refractivity (Wildman–Crippen MR) is 80.5 cm³/mol. The Bertz CT molecular complexity index is 425. The second-order valence-corrected chi connectivity index (χ2v) is 6.69. The van der Waals surface area contributed by atoms with Crippen LogP contribution in [0.3, 0.4) is 0 Å². The van der Waals surface area contributed by atoms with E-state index >= 15 is 0 Å². The third-order valence-corrected chi connectivity index (χ3v) is 5.57. The normalized spacial score (nSPS) is 22.9. The van der Waals surface area contributed by atoms with Crippen molar-refractivity contribution >= 4 is 27.7 Å². The average molecular weight is 332 g/mol. The summed E-state index contributed by atoms with van der Waals surface area (Å²) in [4.78, 5) is 0. The number of fused-ring (bicyclic) bond motifs is 1. The molecule has 4 heteroatoms. The molecule has 2 unspecified atom stereocenters. The molecule has 0 fully saturated rings. The van der Waals surface area contributed by atoms with E-state index in [2.05, 4.69) is 35.1 Å². The van der Waals surface area contributed by atoms with Gasteiger partial charge in [-0.15, -0.1) is 0 Å². The topological polar surface area (TPSA) is 12.0 Å². The van der Waals surface area contributed by atoms with E-state index in [4.69, 9.17) is 0 Å². The van der Waals surface area contributed by atoms with Crippen LogP contribution in [0.2, 0.25) is 0 Å². The highest BCUT2D eigenvalue weighted by molar-refractivity contribution is 9.10. The van der Waals surface area contributed by atoms with Crippen molar-refractivity contribution in [3.05, 3.63) is 33.5 Å². The lowest BCUT2D eigenvalue weighted by atomic mass is 9.96. The Balaban J connectivity index is 2.39. The van der Waals surface area contributed by atoms with Crippen LogP contribution in [0.1, 0.15) is 43.9 Å². The smallest absolute Gasteiger partial charge is 0.127 e. The predicted octanol–water partition coefficient (Wildman–Crippen LogP) is 4.65. The van der Waals surface area contributed by atoms with Gasteiger partial charge in [0.05, 0.1) is 0 Å². The van der Waals surface area contributed by atoms with Crippen molar-refractivity contribution in [1.82, 2.24) is 5.32 Å². The molecular weight excluding hydrogens is 313 g/mol. The first-order valence-electron chi connectivity index (χ1n) is 6.50. The molecule has 0 spiro atoms. The van der Waals surface area contributed by atoms with Crippen LogP contribution in [-0.2, 0) is 5.75 Å². The Morgan fingerprint density at radius 1 is 1.44 bits per heavy atom. The maximum absolute atomic E-state index is 13.9. The summed E-state index contributed by atoms with van der Waals surface area (Å²) < 4.78 is 14.9. The number of rotatable bonds is 4. The van der Waals surface area contributed by atoms with Crippen LogP contribution >= 0.6 is 27.7 Å². The van der Waals surface area contributed by atoms with Gasteiger partial charge < -0.3 is 5.32 Å². The fourth-order valence-corrected chi connectivity index (χ4v) is 4.40. The third-order valence-electron chi connectivity index (χ3n) is 3.39. The Kier molecular flexibility index (Phi) is 5.10. The molecule has 0 amide bonds. The molecule has 1 aliphatic heterocycles. The average Bonchev–Trinajstić information content (AvgIpc) is 2.39. The Hall–Kier alpha value is -0.0600. The van der Waals surface area contributed by atoms with E-state index in [1.54, 1.807) is 6.07 Å². The highest BCUT2D eigenvalue weighted by Crippen LogP contribution is 2.43. The first-order valence-corrected chi connectivity index (χ1v) is 8.35. The molecule has 1 aliphatic rings. The summed E-state index contributed by atoms with van der Waals surface area (Å²) in [5.74, 6) is 0.710. The van der Waals surface area contributed by atoms with Crippen molar-refractivity contribution in [2.45, 2.75) is 43.7 Å². The zero-order valence-electron chi connectivity index (χ0n) is 10.8. The monoisotopic (exact) mass is 331 g/mol. The zero-order valence-corrected chi connectivity index (χ0v) is 13.2. The van der Waals surface area contributed by atoms with Crippen LogP contribution in [0.25, 0.3) is 0 Å². The number of hydrogen-bond donors (Lipinski definition) is 1. The van der Waals surface area contributed by atoms with E-state index in [1.165, 1.54) is 0 Å². The maximum Gasteiger partial charge on any atom is 0.127 e. The van der Waals surface area contributed by atoms with Gasteiger partial charge in [-0.2, -0.15) is 11.8 Å². The van der Waals surface area contributed by atoms with Gasteiger partial charge in [-0.1, -0.05) is 29.8 Å². The van der Waals surface area contributed by atoms with Gasteiger partial charge in [-0.25, -0.2) is 4.39 Å². The summed E-state index contributed by atoms with van der Waals surface area (Å²) in [5.41, 5.74) is 2.00. The van der Waals surface area contributed by atoms with Crippen molar-refractivity contribution in [3.63, 3.8) is 0 Å². The minimum absolute atomic E-state index is 0.0708. The summed E-state index contributed by atoms with van der Waals surface area (Å²) >= 11 is 5.45. The first kappa shape index (κ1) is 14.4. The standard InChI is InChI=1S/C14H19BrFNS/c1-3-7-17-14-12(4-2)18-8-9-11(16)6-5-10(15)13(9)14/h5-6,12,14,17H,3-4,7-8H2,1-2H3. The molecule has 1 nitrogen and oxygen atoms in total. The van der Waals surface area contributed by atoms with Crippen LogP contribution in [0.5, 0.6) is 0 Å². The van der Waals surface area contributed by atoms with Crippen LogP contribution in [-0.4, -0.2) is 11.8 Å². The molecule has 1 aromatic carbocycles. The fourth-order valence-electron chi connectivity index (χ4n) is 2.45. The van der Waals surface area contributed by atoms with Gasteiger partial charge >= 0.3 is 0 Å². The molecule has 1 heterocycles. The fraction of sp³-hybridized carbons (Fsp3) is 0.571. The van der Waals surface area contributed by atoms with E-state index in [1.807, 2.05) is 17.8 Å². The van der Waals surface area contributed by atoms with E-state index in [0.29, 0.717) is 5.25 Å². The molecule has 1 N–H and O–H groups in total. The molecule has 2 rings (SSSR count). The molecule has 0 saturated heterocycles. The Labute approximate surface area is 121 Å². The second kappa shape index (κ2) is 6.40. The molecule has 0 radical (unpaired) electrons. The number of benzene rings is 1. The number of halogens is 2. The van der Waals surface area contributed by atoms with E-state index in [0.717, 1.165) is 40.7 Å². The highest BCUT2D eigenvalue weighted by atomic mass is 79.9. The van der Waals surface area contributed by atoms with Crippen molar-refractivity contribution in [2.24, 2.45) is 0 Å². The zero-order chi connectivity index (χ0) is 13.1. The minimum Gasteiger partial charge on any atom is -0.309 e. The number of thioether (sulfide) groups is 1. The van der Waals surface area contributed by atoms with E-state index in [9.17, 15) is 4.39 Å². The van der Waals surface area contributed by atoms with Crippen molar-refractivity contribution < 1.29 is 4.39 Å². The molecule has 18 heavy (non-hydrogen) atoms. The molecule has 0 aromatic heterocycles. The highest BCUT2D eigenvalue weighted by Gasteiger charge is 2.31. The summed E-state index contributed by atoms with van der Waals surface area (Å²) in [6.07, 6.45) is 2.20.